The number of carbonyl (C=O) groups excluding carboxylic acids is 2. The van der Waals surface area contributed by atoms with Crippen molar-refractivity contribution in [2.75, 3.05) is 18.5 Å². The van der Waals surface area contributed by atoms with Gasteiger partial charge in [0, 0.05) is 0 Å². The number of ether oxygens (including phenoxy) is 2. The maximum atomic E-state index is 13.0. The molecular formula is C31H29N3O4S. The number of anilines is 1. The van der Waals surface area contributed by atoms with Gasteiger partial charge in [-0.15, -0.1) is 0 Å². The molecule has 0 aliphatic carbocycles. The molecule has 1 unspecified atom stereocenters. The van der Waals surface area contributed by atoms with Crippen LogP contribution in [0.2, 0.25) is 0 Å². The highest BCUT2D eigenvalue weighted by molar-refractivity contribution is 7.80. The molecule has 4 aromatic rings. The van der Waals surface area contributed by atoms with Crippen LogP contribution in [-0.4, -0.2) is 30.1 Å². The predicted molar refractivity (Wildman–Crippen MR) is 156 cm³/mol. The molecule has 0 heterocycles. The van der Waals surface area contributed by atoms with E-state index in [1.54, 1.807) is 48.5 Å². The summed E-state index contributed by atoms with van der Waals surface area (Å²) in [6.07, 6.45) is 0. The van der Waals surface area contributed by atoms with Crippen molar-refractivity contribution in [3.63, 3.8) is 0 Å². The molecule has 0 spiro atoms. The van der Waals surface area contributed by atoms with Gasteiger partial charge < -0.3 is 20.1 Å². The summed E-state index contributed by atoms with van der Waals surface area (Å²) in [6, 6.07) is 32.8. The van der Waals surface area contributed by atoms with Crippen molar-refractivity contribution >= 4 is 34.8 Å². The fraction of sp³-hybridized carbons (Fsp3) is 0.129. The van der Waals surface area contributed by atoms with Gasteiger partial charge in [0.2, 0.25) is 0 Å². The zero-order chi connectivity index (χ0) is 27.5. The first-order valence-corrected chi connectivity index (χ1v) is 12.9. The quantitative estimate of drug-likeness (QED) is 0.175. The van der Waals surface area contributed by atoms with Gasteiger partial charge in [-0.05, 0) is 61.1 Å². The third-order valence-electron chi connectivity index (χ3n) is 5.78. The van der Waals surface area contributed by atoms with Gasteiger partial charge in [0.1, 0.15) is 24.7 Å². The van der Waals surface area contributed by atoms with Crippen molar-refractivity contribution in [1.29, 1.82) is 0 Å². The van der Waals surface area contributed by atoms with E-state index < -0.39 is 5.91 Å². The molecule has 0 saturated heterocycles. The van der Waals surface area contributed by atoms with E-state index in [9.17, 15) is 9.59 Å². The van der Waals surface area contributed by atoms with Crippen molar-refractivity contribution in [1.82, 2.24) is 10.6 Å². The standard InChI is InChI=1S/C31H29N3O4S/c1-22(23-12-4-2-5-13-23)32-29(35)25-16-8-10-18-27(25)33-31(39)34-30(36)26-17-9-11-19-28(26)38-21-20-37-24-14-6-3-7-15-24/h2-19,22H,20-21H2,1H3,(H,32,35)(H2,33,34,36,39). The zero-order valence-electron chi connectivity index (χ0n) is 21.4. The maximum Gasteiger partial charge on any atom is 0.261 e. The zero-order valence-corrected chi connectivity index (χ0v) is 22.2. The number of amides is 2. The van der Waals surface area contributed by atoms with Gasteiger partial charge in [-0.25, -0.2) is 0 Å². The number of benzene rings is 4. The van der Waals surface area contributed by atoms with Gasteiger partial charge in [-0.2, -0.15) is 0 Å². The minimum absolute atomic E-state index is 0.0542. The second kappa shape index (κ2) is 13.7. The van der Waals surface area contributed by atoms with Crippen LogP contribution in [0.4, 0.5) is 5.69 Å². The van der Waals surface area contributed by atoms with Gasteiger partial charge >= 0.3 is 0 Å². The van der Waals surface area contributed by atoms with Gasteiger partial charge in [-0.3, -0.25) is 14.9 Å². The molecule has 0 radical (unpaired) electrons. The molecule has 0 aliphatic heterocycles. The van der Waals surface area contributed by atoms with E-state index in [2.05, 4.69) is 16.0 Å². The third kappa shape index (κ3) is 7.90. The molecule has 4 aromatic carbocycles. The van der Waals surface area contributed by atoms with Crippen LogP contribution in [0.3, 0.4) is 0 Å². The Morgan fingerprint density at radius 2 is 1.31 bits per heavy atom. The van der Waals surface area contributed by atoms with E-state index in [0.717, 1.165) is 11.3 Å². The van der Waals surface area contributed by atoms with Gasteiger partial charge in [0.25, 0.3) is 11.8 Å². The number of nitrogens with one attached hydrogen (secondary N) is 3. The predicted octanol–water partition coefficient (Wildman–Crippen LogP) is 5.76. The van der Waals surface area contributed by atoms with Crippen LogP contribution in [0.5, 0.6) is 11.5 Å². The van der Waals surface area contributed by atoms with Gasteiger partial charge in [0.05, 0.1) is 22.9 Å². The van der Waals surface area contributed by atoms with Crippen LogP contribution in [0.1, 0.15) is 39.2 Å². The average Bonchev–Trinajstić information content (AvgIpc) is 2.96. The van der Waals surface area contributed by atoms with E-state index >= 15 is 0 Å². The summed E-state index contributed by atoms with van der Waals surface area (Å²) >= 11 is 5.39. The van der Waals surface area contributed by atoms with Crippen LogP contribution in [0.25, 0.3) is 0 Å². The number of para-hydroxylation sites is 3. The Morgan fingerprint density at radius 3 is 2.05 bits per heavy atom. The lowest BCUT2D eigenvalue weighted by molar-refractivity contribution is 0.0939. The largest absolute Gasteiger partial charge is 0.490 e. The van der Waals surface area contributed by atoms with E-state index in [4.69, 9.17) is 21.7 Å². The molecule has 8 heteroatoms. The smallest absolute Gasteiger partial charge is 0.261 e. The molecule has 3 N–H and O–H groups in total. The molecule has 0 aromatic heterocycles. The Hall–Kier alpha value is -4.69. The van der Waals surface area contributed by atoms with Crippen molar-refractivity contribution in [2.24, 2.45) is 0 Å². The number of thiocarbonyl (C=S) groups is 1. The van der Waals surface area contributed by atoms with E-state index in [1.165, 1.54) is 0 Å². The lowest BCUT2D eigenvalue weighted by atomic mass is 10.1. The summed E-state index contributed by atoms with van der Waals surface area (Å²) in [5, 5.41) is 8.70. The third-order valence-corrected chi connectivity index (χ3v) is 5.98. The van der Waals surface area contributed by atoms with Crippen LogP contribution in [0.15, 0.2) is 109 Å². The van der Waals surface area contributed by atoms with Crippen LogP contribution in [0, 0.1) is 0 Å². The van der Waals surface area contributed by atoms with E-state index in [-0.39, 0.29) is 23.7 Å². The summed E-state index contributed by atoms with van der Waals surface area (Å²) in [4.78, 5) is 26.0. The molecule has 39 heavy (non-hydrogen) atoms. The first-order chi connectivity index (χ1) is 19.0. The van der Waals surface area contributed by atoms with Crippen LogP contribution < -0.4 is 25.4 Å². The second-order valence-corrected chi connectivity index (χ2v) is 8.97. The molecule has 0 aliphatic rings. The van der Waals surface area contributed by atoms with Crippen molar-refractivity contribution in [3.05, 3.63) is 126 Å². The summed E-state index contributed by atoms with van der Waals surface area (Å²) in [6.45, 7) is 2.49. The lowest BCUT2D eigenvalue weighted by Crippen LogP contribution is -2.35. The Balaban J connectivity index is 1.34. The Labute approximate surface area is 233 Å². The molecule has 0 bridgehead atoms. The molecule has 4 rings (SSSR count). The van der Waals surface area contributed by atoms with Crippen LogP contribution >= 0.6 is 12.2 Å². The first kappa shape index (κ1) is 27.3. The summed E-state index contributed by atoms with van der Waals surface area (Å²) in [5.74, 6) is 0.447. The first-order valence-electron chi connectivity index (χ1n) is 12.5. The molecule has 1 atom stereocenters. The number of carbonyl (C=O) groups is 2. The number of hydrogen-bond donors (Lipinski definition) is 3. The average molecular weight is 540 g/mol. The number of hydrogen-bond acceptors (Lipinski definition) is 5. The summed E-state index contributed by atoms with van der Waals surface area (Å²) in [7, 11) is 0. The maximum absolute atomic E-state index is 13.0. The Kier molecular flexibility index (Phi) is 9.63. The summed E-state index contributed by atoms with van der Waals surface area (Å²) < 4.78 is 11.5. The highest BCUT2D eigenvalue weighted by atomic mass is 32.1. The molecule has 2 amide bonds. The lowest BCUT2D eigenvalue weighted by Gasteiger charge is -2.17. The van der Waals surface area contributed by atoms with Gasteiger partial charge in [-0.1, -0.05) is 72.8 Å². The number of rotatable bonds is 10. The molecule has 198 valence electrons. The molecule has 7 nitrogen and oxygen atoms in total. The minimum atomic E-state index is -0.438. The molecule has 0 saturated carbocycles. The molecular weight excluding hydrogens is 510 g/mol. The highest BCUT2D eigenvalue weighted by Gasteiger charge is 2.17. The topological polar surface area (TPSA) is 88.7 Å². The highest BCUT2D eigenvalue weighted by Crippen LogP contribution is 2.20. The second-order valence-electron chi connectivity index (χ2n) is 8.57. The minimum Gasteiger partial charge on any atom is -0.490 e. The summed E-state index contributed by atoms with van der Waals surface area (Å²) in [5.41, 5.74) is 2.19. The Morgan fingerprint density at radius 1 is 0.718 bits per heavy atom. The fourth-order valence-corrected chi connectivity index (χ4v) is 4.02. The van der Waals surface area contributed by atoms with Crippen LogP contribution in [-0.2, 0) is 0 Å². The monoisotopic (exact) mass is 539 g/mol. The van der Waals surface area contributed by atoms with E-state index in [1.807, 2.05) is 67.6 Å². The van der Waals surface area contributed by atoms with Gasteiger partial charge in [0.15, 0.2) is 5.11 Å². The Bertz CT molecular complexity index is 1410. The van der Waals surface area contributed by atoms with E-state index in [0.29, 0.717) is 29.2 Å². The van der Waals surface area contributed by atoms with Crippen molar-refractivity contribution < 1.29 is 19.1 Å². The van der Waals surface area contributed by atoms with Crippen molar-refractivity contribution in [2.45, 2.75) is 13.0 Å². The SMILES string of the molecule is CC(NC(=O)c1ccccc1NC(=S)NC(=O)c1ccccc1OCCOc1ccccc1)c1ccccc1. The fourth-order valence-electron chi connectivity index (χ4n) is 3.82. The van der Waals surface area contributed by atoms with Crippen molar-refractivity contribution in [3.8, 4) is 11.5 Å². The normalized spacial score (nSPS) is 11.1. The molecule has 0 fully saturated rings.